The Balaban J connectivity index is 1.57. The van der Waals surface area contributed by atoms with Crippen molar-refractivity contribution in [1.82, 2.24) is 10.3 Å². The second-order valence-corrected chi connectivity index (χ2v) is 6.52. The topological polar surface area (TPSA) is 78.2 Å². The monoisotopic (exact) mass is 342 g/mol. The summed E-state index contributed by atoms with van der Waals surface area (Å²) < 4.78 is 5.34. The summed E-state index contributed by atoms with van der Waals surface area (Å²) in [5.74, 6) is -0.142. The summed E-state index contributed by atoms with van der Waals surface area (Å²) in [5.41, 5.74) is 1.42. The molecule has 2 heterocycles. The van der Waals surface area contributed by atoms with E-state index in [2.05, 4.69) is 21.3 Å². The third-order valence-electron chi connectivity index (χ3n) is 3.72. The molecule has 1 N–H and O–H groups in total. The average molecular weight is 342 g/mol. The molecule has 1 aliphatic heterocycles. The molecule has 3 rings (SSSR count). The van der Waals surface area contributed by atoms with Gasteiger partial charge in [0.25, 0.3) is 5.91 Å². The predicted molar refractivity (Wildman–Crippen MR) is 92.1 cm³/mol. The van der Waals surface area contributed by atoms with Crippen molar-refractivity contribution in [2.75, 3.05) is 31.2 Å². The summed E-state index contributed by atoms with van der Waals surface area (Å²) in [6, 6.07) is 9.24. The average Bonchev–Trinajstić information content (AvgIpc) is 3.10. The fraction of sp³-hybridized carbons (Fsp3) is 0.353. The number of carbonyl (C=O) groups excluding carboxylic acids is 1. The molecule has 1 fully saturated rings. The van der Waals surface area contributed by atoms with Gasteiger partial charge in [0.2, 0.25) is 0 Å². The van der Waals surface area contributed by atoms with Crippen LogP contribution in [-0.2, 0) is 17.7 Å². The minimum Gasteiger partial charge on any atom is -0.378 e. The maximum Gasteiger partial charge on any atom is 0.251 e. The fourth-order valence-electron chi connectivity index (χ4n) is 2.46. The van der Waals surface area contributed by atoms with Crippen LogP contribution in [0.25, 0.3) is 0 Å². The number of benzene rings is 1. The second kappa shape index (κ2) is 7.90. The zero-order chi connectivity index (χ0) is 16.8. The molecule has 0 bridgehead atoms. The van der Waals surface area contributed by atoms with Gasteiger partial charge in [0, 0.05) is 29.7 Å². The van der Waals surface area contributed by atoms with Gasteiger partial charge in [-0.1, -0.05) is 12.1 Å². The van der Waals surface area contributed by atoms with Gasteiger partial charge in [-0.25, -0.2) is 4.98 Å². The summed E-state index contributed by atoms with van der Waals surface area (Å²) in [4.78, 5) is 19.9. The normalized spacial score (nSPS) is 14.2. The van der Waals surface area contributed by atoms with Crippen LogP contribution in [0.15, 0.2) is 30.5 Å². The van der Waals surface area contributed by atoms with E-state index >= 15 is 0 Å². The van der Waals surface area contributed by atoms with E-state index in [-0.39, 0.29) is 5.91 Å². The van der Waals surface area contributed by atoms with Crippen molar-refractivity contribution in [2.24, 2.45) is 0 Å². The van der Waals surface area contributed by atoms with Gasteiger partial charge < -0.3 is 15.0 Å². The fourth-order valence-corrected chi connectivity index (χ4v) is 3.36. The lowest BCUT2D eigenvalue weighted by molar-refractivity contribution is 0.0951. The maximum atomic E-state index is 12.2. The zero-order valence-electron chi connectivity index (χ0n) is 13.2. The van der Waals surface area contributed by atoms with Gasteiger partial charge in [0.15, 0.2) is 5.13 Å². The van der Waals surface area contributed by atoms with Crippen molar-refractivity contribution in [3.8, 4) is 6.07 Å². The van der Waals surface area contributed by atoms with E-state index in [9.17, 15) is 4.79 Å². The van der Waals surface area contributed by atoms with Crippen molar-refractivity contribution in [1.29, 1.82) is 5.26 Å². The van der Waals surface area contributed by atoms with Crippen LogP contribution in [0.2, 0.25) is 0 Å². The highest BCUT2D eigenvalue weighted by molar-refractivity contribution is 7.15. The van der Waals surface area contributed by atoms with Crippen molar-refractivity contribution >= 4 is 22.4 Å². The third kappa shape index (κ3) is 4.10. The first kappa shape index (κ1) is 16.4. The molecule has 1 saturated heterocycles. The molecule has 0 atom stereocenters. The summed E-state index contributed by atoms with van der Waals surface area (Å²) in [7, 11) is 0. The number of carbonyl (C=O) groups is 1. The smallest absolute Gasteiger partial charge is 0.251 e. The maximum absolute atomic E-state index is 12.2. The number of morpholine rings is 1. The Kier molecular flexibility index (Phi) is 5.41. The van der Waals surface area contributed by atoms with Crippen LogP contribution in [-0.4, -0.2) is 37.2 Å². The third-order valence-corrected chi connectivity index (χ3v) is 4.78. The summed E-state index contributed by atoms with van der Waals surface area (Å²) in [5, 5.41) is 12.6. The van der Waals surface area contributed by atoms with Gasteiger partial charge in [-0.15, -0.1) is 11.3 Å². The van der Waals surface area contributed by atoms with Gasteiger partial charge in [-0.05, 0) is 17.7 Å². The Morgan fingerprint density at radius 2 is 2.25 bits per heavy atom. The Labute approximate surface area is 144 Å². The molecule has 2 aromatic rings. The van der Waals surface area contributed by atoms with Crippen LogP contribution < -0.4 is 10.2 Å². The molecule has 0 saturated carbocycles. The van der Waals surface area contributed by atoms with Crippen LogP contribution >= 0.6 is 11.3 Å². The Morgan fingerprint density at radius 3 is 3.04 bits per heavy atom. The number of ether oxygens (including phenoxy) is 1. The highest BCUT2D eigenvalue weighted by Gasteiger charge is 2.15. The Bertz CT molecular complexity index is 747. The van der Waals surface area contributed by atoms with Crippen LogP contribution in [0.1, 0.15) is 20.8 Å². The number of anilines is 1. The molecule has 124 valence electrons. The SMILES string of the molecule is N#CCc1cccc(C(=O)NCc2cnc(N3CCOCC3)s2)c1. The molecule has 0 radical (unpaired) electrons. The predicted octanol–water partition coefficient (Wildman–Crippen LogP) is 1.98. The van der Waals surface area contributed by atoms with Crippen molar-refractivity contribution in [3.63, 3.8) is 0 Å². The zero-order valence-corrected chi connectivity index (χ0v) is 14.0. The van der Waals surface area contributed by atoms with Crippen LogP contribution in [0.3, 0.4) is 0 Å². The molecule has 7 heteroatoms. The van der Waals surface area contributed by atoms with Gasteiger partial charge in [0.1, 0.15) is 0 Å². The molecule has 0 spiro atoms. The van der Waals surface area contributed by atoms with Crippen LogP contribution in [0.4, 0.5) is 5.13 Å². The number of amides is 1. The number of nitrogens with zero attached hydrogens (tertiary/aromatic N) is 3. The number of hydrogen-bond acceptors (Lipinski definition) is 6. The lowest BCUT2D eigenvalue weighted by Crippen LogP contribution is -2.36. The first-order valence-corrected chi connectivity index (χ1v) is 8.59. The summed E-state index contributed by atoms with van der Waals surface area (Å²) in [6.45, 7) is 3.61. The van der Waals surface area contributed by atoms with Crippen LogP contribution in [0, 0.1) is 11.3 Å². The number of hydrogen-bond donors (Lipinski definition) is 1. The van der Waals surface area contributed by atoms with E-state index < -0.39 is 0 Å². The molecule has 1 aliphatic rings. The van der Waals surface area contributed by atoms with Gasteiger partial charge in [-0.2, -0.15) is 5.26 Å². The van der Waals surface area contributed by atoms with Gasteiger partial charge in [-0.3, -0.25) is 4.79 Å². The van der Waals surface area contributed by atoms with Gasteiger partial charge >= 0.3 is 0 Å². The molecule has 6 nitrogen and oxygen atoms in total. The Hall–Kier alpha value is -2.43. The summed E-state index contributed by atoms with van der Waals surface area (Å²) >= 11 is 1.59. The molecule has 0 unspecified atom stereocenters. The van der Waals surface area contributed by atoms with Crippen molar-refractivity contribution in [3.05, 3.63) is 46.5 Å². The largest absolute Gasteiger partial charge is 0.378 e. The van der Waals surface area contributed by atoms with E-state index in [0.29, 0.717) is 18.5 Å². The van der Waals surface area contributed by atoms with E-state index in [0.717, 1.165) is 41.9 Å². The summed E-state index contributed by atoms with van der Waals surface area (Å²) in [6.07, 6.45) is 2.11. The second-order valence-electron chi connectivity index (χ2n) is 5.43. The molecule has 1 aromatic carbocycles. The van der Waals surface area contributed by atoms with E-state index in [1.165, 1.54) is 0 Å². The lowest BCUT2D eigenvalue weighted by atomic mass is 10.1. The van der Waals surface area contributed by atoms with Crippen molar-refractivity contribution in [2.45, 2.75) is 13.0 Å². The van der Waals surface area contributed by atoms with Crippen molar-refractivity contribution < 1.29 is 9.53 Å². The number of nitrogens with one attached hydrogen (secondary N) is 1. The molecule has 1 aromatic heterocycles. The number of thiazole rings is 1. The van der Waals surface area contributed by atoms with E-state index in [4.69, 9.17) is 10.00 Å². The van der Waals surface area contributed by atoms with Gasteiger partial charge in [0.05, 0.1) is 32.2 Å². The van der Waals surface area contributed by atoms with E-state index in [1.54, 1.807) is 29.5 Å². The molecule has 24 heavy (non-hydrogen) atoms. The minimum atomic E-state index is -0.142. The van der Waals surface area contributed by atoms with E-state index in [1.807, 2.05) is 12.3 Å². The highest BCUT2D eigenvalue weighted by Crippen LogP contribution is 2.23. The minimum absolute atomic E-state index is 0.142. The first-order chi connectivity index (χ1) is 11.8. The quantitative estimate of drug-likeness (QED) is 0.899. The Morgan fingerprint density at radius 1 is 1.42 bits per heavy atom. The molecule has 0 aliphatic carbocycles. The number of aromatic nitrogens is 1. The molecule has 1 amide bonds. The standard InChI is InChI=1S/C17H18N4O2S/c18-5-4-13-2-1-3-14(10-13)16(22)19-11-15-12-20-17(24-15)21-6-8-23-9-7-21/h1-3,10,12H,4,6-9,11H2,(H,19,22). The highest BCUT2D eigenvalue weighted by atomic mass is 32.1. The molecular formula is C17H18N4O2S. The lowest BCUT2D eigenvalue weighted by Gasteiger charge is -2.25. The molecular weight excluding hydrogens is 324 g/mol. The first-order valence-electron chi connectivity index (χ1n) is 7.78. The number of nitriles is 1. The number of rotatable bonds is 5. The van der Waals surface area contributed by atoms with Crippen LogP contribution in [0.5, 0.6) is 0 Å².